The molecular weight excluding hydrogens is 318 g/mol. The van der Waals surface area contributed by atoms with E-state index in [9.17, 15) is 15.0 Å². The molecule has 6 heteroatoms. The van der Waals surface area contributed by atoms with Gasteiger partial charge in [0.05, 0.1) is 12.7 Å². The third kappa shape index (κ3) is 3.32. The van der Waals surface area contributed by atoms with Crippen molar-refractivity contribution >= 4 is 17.5 Å². The van der Waals surface area contributed by atoms with Gasteiger partial charge in [-0.1, -0.05) is 11.6 Å². The van der Waals surface area contributed by atoms with Gasteiger partial charge in [0.25, 0.3) is 5.91 Å². The number of nitrogens with zero attached hydrogens (tertiary/aromatic N) is 1. The van der Waals surface area contributed by atoms with E-state index in [1.165, 1.54) is 0 Å². The highest BCUT2D eigenvalue weighted by Crippen LogP contribution is 2.36. The number of carbonyl (C=O) groups excluding carboxylic acids is 1. The molecular formula is C17H22ClNO4. The third-order valence-electron chi connectivity index (χ3n) is 4.81. The molecule has 2 unspecified atom stereocenters. The highest BCUT2D eigenvalue weighted by molar-refractivity contribution is 6.30. The lowest BCUT2D eigenvalue weighted by Crippen LogP contribution is -2.52. The molecule has 126 valence electrons. The zero-order valence-electron chi connectivity index (χ0n) is 13.1. The molecule has 23 heavy (non-hydrogen) atoms. The molecule has 0 saturated carbocycles. The van der Waals surface area contributed by atoms with Crippen molar-refractivity contribution in [2.75, 3.05) is 0 Å². The van der Waals surface area contributed by atoms with Gasteiger partial charge in [0.2, 0.25) is 0 Å². The summed E-state index contributed by atoms with van der Waals surface area (Å²) >= 11 is 5.91. The summed E-state index contributed by atoms with van der Waals surface area (Å²) in [7, 11) is 0. The number of benzene rings is 1. The Morgan fingerprint density at radius 1 is 1.39 bits per heavy atom. The van der Waals surface area contributed by atoms with Crippen LogP contribution in [0.3, 0.4) is 0 Å². The van der Waals surface area contributed by atoms with Crippen LogP contribution in [0.25, 0.3) is 0 Å². The number of amides is 1. The first-order valence-corrected chi connectivity index (χ1v) is 8.43. The third-order valence-corrected chi connectivity index (χ3v) is 5.04. The number of halogens is 1. The predicted molar refractivity (Wildman–Crippen MR) is 86.4 cm³/mol. The number of hydrogen-bond acceptors (Lipinski definition) is 4. The normalized spacial score (nSPS) is 27.8. The quantitative estimate of drug-likeness (QED) is 0.881. The second-order valence-corrected chi connectivity index (χ2v) is 6.86. The van der Waals surface area contributed by atoms with Crippen LogP contribution in [0.4, 0.5) is 0 Å². The minimum atomic E-state index is -0.639. The van der Waals surface area contributed by atoms with Crippen molar-refractivity contribution in [3.8, 4) is 5.75 Å². The Morgan fingerprint density at radius 3 is 2.65 bits per heavy atom. The molecule has 0 aromatic heterocycles. The lowest BCUT2D eigenvalue weighted by atomic mass is 9.99. The summed E-state index contributed by atoms with van der Waals surface area (Å²) < 4.78 is 5.79. The van der Waals surface area contributed by atoms with Crippen LogP contribution in [-0.2, 0) is 11.4 Å². The summed E-state index contributed by atoms with van der Waals surface area (Å²) in [6.07, 6.45) is 2.26. The van der Waals surface area contributed by atoms with Gasteiger partial charge in [-0.05, 0) is 50.8 Å². The van der Waals surface area contributed by atoms with Crippen LogP contribution in [-0.4, -0.2) is 45.3 Å². The summed E-state index contributed by atoms with van der Waals surface area (Å²) in [5.74, 6) is 0.422. The van der Waals surface area contributed by atoms with Gasteiger partial charge in [0, 0.05) is 22.7 Å². The molecule has 0 radical (unpaired) electrons. The van der Waals surface area contributed by atoms with E-state index in [1.807, 2.05) is 4.90 Å². The standard InChI is InChI=1S/C17H22ClNO4/c1-10(23-16-5-2-12(18)6-11(16)9-20)17(22)19-13-3-4-14(19)8-15(21)7-13/h2,5-6,10,13-15,20-21H,3-4,7-9H2,1H3/t10?,13-,14+,15?. The van der Waals surface area contributed by atoms with Crippen LogP contribution in [0.1, 0.15) is 38.2 Å². The van der Waals surface area contributed by atoms with Gasteiger partial charge in [0.15, 0.2) is 6.10 Å². The molecule has 5 nitrogen and oxygen atoms in total. The fraction of sp³-hybridized carbons (Fsp3) is 0.588. The number of rotatable bonds is 4. The second-order valence-electron chi connectivity index (χ2n) is 6.43. The number of aliphatic hydroxyl groups is 2. The molecule has 3 rings (SSSR count). The van der Waals surface area contributed by atoms with Crippen molar-refractivity contribution in [2.45, 2.75) is 63.5 Å². The lowest BCUT2D eigenvalue weighted by Gasteiger charge is -2.38. The number of piperidine rings is 1. The molecule has 4 atom stereocenters. The molecule has 1 aromatic carbocycles. The maximum Gasteiger partial charge on any atom is 0.263 e. The fourth-order valence-corrected chi connectivity index (χ4v) is 3.94. The van der Waals surface area contributed by atoms with Gasteiger partial charge in [-0.3, -0.25) is 4.79 Å². The van der Waals surface area contributed by atoms with Crippen LogP contribution in [0.15, 0.2) is 18.2 Å². The molecule has 2 bridgehead atoms. The number of fused-ring (bicyclic) bond motifs is 2. The monoisotopic (exact) mass is 339 g/mol. The van der Waals surface area contributed by atoms with Crippen molar-refractivity contribution in [3.63, 3.8) is 0 Å². The molecule has 2 aliphatic heterocycles. The van der Waals surface area contributed by atoms with Crippen molar-refractivity contribution in [2.24, 2.45) is 0 Å². The van der Waals surface area contributed by atoms with E-state index < -0.39 is 6.10 Å². The lowest BCUT2D eigenvalue weighted by molar-refractivity contribution is -0.144. The molecule has 1 aromatic rings. The van der Waals surface area contributed by atoms with Gasteiger partial charge < -0.3 is 19.8 Å². The summed E-state index contributed by atoms with van der Waals surface area (Å²) in [5, 5.41) is 19.8. The minimum Gasteiger partial charge on any atom is -0.481 e. The zero-order chi connectivity index (χ0) is 16.6. The van der Waals surface area contributed by atoms with E-state index in [4.69, 9.17) is 16.3 Å². The predicted octanol–water partition coefficient (Wildman–Crippen LogP) is 2.11. The number of aliphatic hydroxyl groups excluding tert-OH is 2. The summed E-state index contributed by atoms with van der Waals surface area (Å²) in [4.78, 5) is 14.7. The van der Waals surface area contributed by atoms with Gasteiger partial charge in [-0.15, -0.1) is 0 Å². The van der Waals surface area contributed by atoms with Crippen LogP contribution >= 0.6 is 11.6 Å². The second kappa shape index (κ2) is 6.67. The number of carbonyl (C=O) groups is 1. The average Bonchev–Trinajstić information content (AvgIpc) is 2.79. The highest BCUT2D eigenvalue weighted by Gasteiger charge is 2.44. The first-order valence-electron chi connectivity index (χ1n) is 8.05. The summed E-state index contributed by atoms with van der Waals surface area (Å²) in [5.41, 5.74) is 0.564. The largest absolute Gasteiger partial charge is 0.481 e. The van der Waals surface area contributed by atoms with Crippen molar-refractivity contribution in [1.82, 2.24) is 4.90 Å². The first kappa shape index (κ1) is 16.6. The first-order chi connectivity index (χ1) is 11.0. The summed E-state index contributed by atoms with van der Waals surface area (Å²) in [6.45, 7) is 1.53. The van der Waals surface area contributed by atoms with Crippen molar-refractivity contribution in [3.05, 3.63) is 28.8 Å². The molecule has 2 saturated heterocycles. The Labute approximate surface area is 140 Å². The minimum absolute atomic E-state index is 0.0526. The van der Waals surface area contributed by atoms with Crippen LogP contribution in [0, 0.1) is 0 Å². The van der Waals surface area contributed by atoms with E-state index in [2.05, 4.69) is 0 Å². The van der Waals surface area contributed by atoms with Gasteiger partial charge in [-0.25, -0.2) is 0 Å². The molecule has 2 aliphatic rings. The molecule has 2 heterocycles. The van der Waals surface area contributed by atoms with E-state index in [1.54, 1.807) is 25.1 Å². The fourth-order valence-electron chi connectivity index (χ4n) is 3.75. The SMILES string of the molecule is CC(Oc1ccc(Cl)cc1CO)C(=O)N1[C@@H]2CC[C@H]1CC(O)C2. The van der Waals surface area contributed by atoms with Crippen LogP contribution < -0.4 is 4.74 Å². The van der Waals surface area contributed by atoms with Gasteiger partial charge >= 0.3 is 0 Å². The van der Waals surface area contributed by atoms with Crippen molar-refractivity contribution in [1.29, 1.82) is 0 Å². The van der Waals surface area contributed by atoms with E-state index in [0.717, 1.165) is 12.8 Å². The van der Waals surface area contributed by atoms with Gasteiger partial charge in [0.1, 0.15) is 5.75 Å². The smallest absolute Gasteiger partial charge is 0.263 e. The van der Waals surface area contributed by atoms with E-state index in [-0.39, 0.29) is 30.7 Å². The maximum atomic E-state index is 12.8. The molecule has 2 N–H and O–H groups in total. The molecule has 2 fully saturated rings. The Kier molecular flexibility index (Phi) is 4.80. The average molecular weight is 340 g/mol. The van der Waals surface area contributed by atoms with Crippen molar-refractivity contribution < 1.29 is 19.7 Å². The topological polar surface area (TPSA) is 70.0 Å². The Balaban J connectivity index is 1.71. The van der Waals surface area contributed by atoms with Gasteiger partial charge in [-0.2, -0.15) is 0 Å². The molecule has 1 amide bonds. The van der Waals surface area contributed by atoms with Crippen LogP contribution in [0.5, 0.6) is 5.75 Å². The van der Waals surface area contributed by atoms with E-state index in [0.29, 0.717) is 29.2 Å². The Hall–Kier alpha value is -1.30. The Morgan fingerprint density at radius 2 is 2.04 bits per heavy atom. The van der Waals surface area contributed by atoms with E-state index >= 15 is 0 Å². The van der Waals surface area contributed by atoms with Crippen LogP contribution in [0.2, 0.25) is 5.02 Å². The molecule has 0 spiro atoms. The zero-order valence-corrected chi connectivity index (χ0v) is 13.9. The Bertz CT molecular complexity index is 580. The number of ether oxygens (including phenoxy) is 1. The number of hydrogen-bond donors (Lipinski definition) is 2. The summed E-state index contributed by atoms with van der Waals surface area (Å²) in [6, 6.07) is 5.21. The highest BCUT2D eigenvalue weighted by atomic mass is 35.5. The molecule has 0 aliphatic carbocycles. The maximum absolute atomic E-state index is 12.8.